The van der Waals surface area contributed by atoms with Crippen LogP contribution in [0.3, 0.4) is 0 Å². The normalized spacial score (nSPS) is 10.7. The Morgan fingerprint density at radius 2 is 1.66 bits per heavy atom. The zero-order chi connectivity index (χ0) is 22.5. The SMILES string of the molecule is O=C(Nc1nn(Cc2ccccc2)cc1Cl)c1ccc(COc2ccc(Cl)cc2Cl)cc1. The number of nitrogens with zero attached hydrogens (tertiary/aromatic N) is 2. The predicted octanol–water partition coefficient (Wildman–Crippen LogP) is 6.72. The Morgan fingerprint density at radius 1 is 0.906 bits per heavy atom. The number of aromatic nitrogens is 2. The van der Waals surface area contributed by atoms with Crippen molar-refractivity contribution < 1.29 is 9.53 Å². The van der Waals surface area contributed by atoms with E-state index < -0.39 is 0 Å². The van der Waals surface area contributed by atoms with Crippen LogP contribution in [0.2, 0.25) is 15.1 Å². The van der Waals surface area contributed by atoms with E-state index in [4.69, 9.17) is 39.5 Å². The van der Waals surface area contributed by atoms with Crippen molar-refractivity contribution in [3.8, 4) is 5.75 Å². The summed E-state index contributed by atoms with van der Waals surface area (Å²) in [6, 6.07) is 22.0. The third-order valence-corrected chi connectivity index (χ3v) is 5.45. The maximum Gasteiger partial charge on any atom is 0.256 e. The van der Waals surface area contributed by atoms with E-state index in [-0.39, 0.29) is 5.91 Å². The van der Waals surface area contributed by atoms with Crippen LogP contribution in [0.25, 0.3) is 0 Å². The van der Waals surface area contributed by atoms with E-state index in [9.17, 15) is 4.79 Å². The van der Waals surface area contributed by atoms with Crippen LogP contribution in [0, 0.1) is 0 Å². The summed E-state index contributed by atoms with van der Waals surface area (Å²) in [6.07, 6.45) is 1.69. The Hall–Kier alpha value is -2.99. The Kier molecular flexibility index (Phi) is 7.00. The molecule has 0 unspecified atom stereocenters. The molecule has 0 aliphatic rings. The van der Waals surface area contributed by atoms with E-state index in [1.807, 2.05) is 42.5 Å². The number of carbonyl (C=O) groups excluding carboxylic acids is 1. The number of ether oxygens (including phenoxy) is 1. The highest BCUT2D eigenvalue weighted by Gasteiger charge is 2.13. The van der Waals surface area contributed by atoms with Gasteiger partial charge in [0.1, 0.15) is 17.4 Å². The lowest BCUT2D eigenvalue weighted by Gasteiger charge is -2.09. The molecule has 4 rings (SSSR count). The van der Waals surface area contributed by atoms with Crippen LogP contribution >= 0.6 is 34.8 Å². The van der Waals surface area contributed by atoms with Crippen LogP contribution in [0.5, 0.6) is 5.75 Å². The molecule has 0 aliphatic carbocycles. The summed E-state index contributed by atoms with van der Waals surface area (Å²) in [6.45, 7) is 0.863. The van der Waals surface area contributed by atoms with Crippen LogP contribution in [0.15, 0.2) is 79.0 Å². The molecule has 0 fully saturated rings. The molecule has 0 aliphatic heterocycles. The highest BCUT2D eigenvalue weighted by molar-refractivity contribution is 6.35. The quantitative estimate of drug-likeness (QED) is 0.315. The molecule has 1 heterocycles. The number of anilines is 1. The molecule has 1 aromatic heterocycles. The zero-order valence-electron chi connectivity index (χ0n) is 16.8. The van der Waals surface area contributed by atoms with Gasteiger partial charge in [-0.3, -0.25) is 9.48 Å². The second-order valence-electron chi connectivity index (χ2n) is 7.02. The van der Waals surface area contributed by atoms with Crippen molar-refractivity contribution in [2.45, 2.75) is 13.2 Å². The molecule has 0 atom stereocenters. The summed E-state index contributed by atoms with van der Waals surface area (Å²) in [5.74, 6) is 0.557. The van der Waals surface area contributed by atoms with Gasteiger partial charge >= 0.3 is 0 Å². The largest absolute Gasteiger partial charge is 0.487 e. The third-order valence-electron chi connectivity index (χ3n) is 4.64. The summed E-state index contributed by atoms with van der Waals surface area (Å²) >= 11 is 18.3. The fourth-order valence-corrected chi connectivity index (χ4v) is 3.68. The molecule has 0 bridgehead atoms. The molecule has 3 aromatic carbocycles. The van der Waals surface area contributed by atoms with Crippen LogP contribution in [-0.4, -0.2) is 15.7 Å². The van der Waals surface area contributed by atoms with E-state index in [1.165, 1.54) is 0 Å². The minimum Gasteiger partial charge on any atom is -0.487 e. The summed E-state index contributed by atoms with van der Waals surface area (Å²) < 4.78 is 7.41. The summed E-state index contributed by atoms with van der Waals surface area (Å²) in [5, 5.41) is 8.50. The number of hydrogen-bond donors (Lipinski definition) is 1. The average Bonchev–Trinajstić information content (AvgIpc) is 3.12. The van der Waals surface area contributed by atoms with Gasteiger partial charge < -0.3 is 10.1 Å². The van der Waals surface area contributed by atoms with Crippen molar-refractivity contribution in [2.75, 3.05) is 5.32 Å². The van der Waals surface area contributed by atoms with Gasteiger partial charge in [-0.15, -0.1) is 0 Å². The first-order chi connectivity index (χ1) is 15.5. The molecule has 0 saturated carbocycles. The van der Waals surface area contributed by atoms with Crippen LogP contribution in [0.4, 0.5) is 5.82 Å². The van der Waals surface area contributed by atoms with Gasteiger partial charge in [0.05, 0.1) is 11.6 Å². The van der Waals surface area contributed by atoms with Crippen molar-refractivity contribution in [3.63, 3.8) is 0 Å². The summed E-state index contributed by atoms with van der Waals surface area (Å²) in [5.41, 5.74) is 2.45. The van der Waals surface area contributed by atoms with Crippen molar-refractivity contribution in [1.29, 1.82) is 0 Å². The molecule has 32 heavy (non-hydrogen) atoms. The molecular weight excluding hydrogens is 469 g/mol. The lowest BCUT2D eigenvalue weighted by atomic mass is 10.1. The molecule has 4 aromatic rings. The van der Waals surface area contributed by atoms with Gasteiger partial charge in [-0.2, -0.15) is 5.10 Å². The number of nitrogens with one attached hydrogen (secondary N) is 1. The fraction of sp³-hybridized carbons (Fsp3) is 0.0833. The van der Waals surface area contributed by atoms with Gasteiger partial charge in [0.2, 0.25) is 0 Å². The van der Waals surface area contributed by atoms with Gasteiger partial charge in [0, 0.05) is 16.8 Å². The van der Waals surface area contributed by atoms with Gasteiger partial charge in [-0.05, 0) is 41.5 Å². The monoisotopic (exact) mass is 485 g/mol. The fourth-order valence-electron chi connectivity index (χ4n) is 3.02. The average molecular weight is 487 g/mol. The van der Waals surface area contributed by atoms with Crippen LogP contribution in [-0.2, 0) is 13.2 Å². The van der Waals surface area contributed by atoms with Crippen molar-refractivity contribution in [1.82, 2.24) is 9.78 Å². The molecule has 1 amide bonds. The van der Waals surface area contributed by atoms with Crippen molar-refractivity contribution >= 4 is 46.5 Å². The molecule has 0 radical (unpaired) electrons. The number of rotatable bonds is 7. The number of benzene rings is 3. The Balaban J connectivity index is 1.36. The Morgan fingerprint density at radius 3 is 2.38 bits per heavy atom. The van der Waals surface area contributed by atoms with E-state index in [1.54, 1.807) is 41.2 Å². The number of carbonyl (C=O) groups is 1. The molecule has 162 valence electrons. The minimum atomic E-state index is -0.301. The van der Waals surface area contributed by atoms with E-state index in [2.05, 4.69) is 10.4 Å². The van der Waals surface area contributed by atoms with Gasteiger partial charge in [-0.25, -0.2) is 0 Å². The predicted molar refractivity (Wildman–Crippen MR) is 128 cm³/mol. The molecule has 8 heteroatoms. The van der Waals surface area contributed by atoms with E-state index in [0.29, 0.717) is 45.4 Å². The molecule has 0 spiro atoms. The van der Waals surface area contributed by atoms with Crippen LogP contribution in [0.1, 0.15) is 21.5 Å². The minimum absolute atomic E-state index is 0.301. The summed E-state index contributed by atoms with van der Waals surface area (Å²) in [7, 11) is 0. The second-order valence-corrected chi connectivity index (χ2v) is 8.27. The maximum atomic E-state index is 12.6. The zero-order valence-corrected chi connectivity index (χ0v) is 19.0. The molecular formula is C24H18Cl3N3O2. The number of amides is 1. The van der Waals surface area contributed by atoms with E-state index >= 15 is 0 Å². The van der Waals surface area contributed by atoms with Crippen molar-refractivity contribution in [2.24, 2.45) is 0 Å². The lowest BCUT2D eigenvalue weighted by molar-refractivity contribution is 0.102. The molecule has 0 saturated heterocycles. The first-order valence-corrected chi connectivity index (χ1v) is 10.9. The second kappa shape index (κ2) is 10.1. The summed E-state index contributed by atoms with van der Waals surface area (Å²) in [4.78, 5) is 12.6. The standard InChI is InChI=1S/C24H18Cl3N3O2/c25-19-10-11-22(20(26)12-19)32-15-17-6-8-18(9-7-17)24(31)28-23-21(27)14-30(29-23)13-16-4-2-1-3-5-16/h1-12,14H,13,15H2,(H,28,29,31). The highest BCUT2D eigenvalue weighted by atomic mass is 35.5. The lowest BCUT2D eigenvalue weighted by Crippen LogP contribution is -2.13. The first kappa shape index (κ1) is 22.2. The van der Waals surface area contributed by atoms with Gasteiger partial charge in [-0.1, -0.05) is 77.3 Å². The molecule has 5 nitrogen and oxygen atoms in total. The number of halogens is 3. The van der Waals surface area contributed by atoms with Crippen molar-refractivity contribution in [3.05, 3.63) is 111 Å². The van der Waals surface area contributed by atoms with Crippen LogP contribution < -0.4 is 10.1 Å². The Bertz CT molecular complexity index is 1230. The highest BCUT2D eigenvalue weighted by Crippen LogP contribution is 2.28. The molecule has 1 N–H and O–H groups in total. The number of hydrogen-bond acceptors (Lipinski definition) is 3. The van der Waals surface area contributed by atoms with Gasteiger partial charge in [0.25, 0.3) is 5.91 Å². The smallest absolute Gasteiger partial charge is 0.256 e. The Labute approximate surface area is 200 Å². The third kappa shape index (κ3) is 5.62. The first-order valence-electron chi connectivity index (χ1n) is 9.73. The topological polar surface area (TPSA) is 56.2 Å². The van der Waals surface area contributed by atoms with E-state index in [0.717, 1.165) is 11.1 Å². The maximum absolute atomic E-state index is 12.6. The van der Waals surface area contributed by atoms with Gasteiger partial charge in [0.15, 0.2) is 5.82 Å².